The molecule has 4 aromatic rings. The van der Waals surface area contributed by atoms with Gasteiger partial charge in [0, 0.05) is 19.5 Å². The maximum Gasteiger partial charge on any atom is 0.273 e. The highest BCUT2D eigenvalue weighted by Crippen LogP contribution is 2.38. The van der Waals surface area contributed by atoms with Gasteiger partial charge in [0.2, 0.25) is 11.8 Å². The number of halogens is 1. The first-order valence-electron chi connectivity index (χ1n) is 13.9. The molecule has 0 unspecified atom stereocenters. The summed E-state index contributed by atoms with van der Waals surface area (Å²) in [5.41, 5.74) is 5.37. The lowest BCUT2D eigenvalue weighted by molar-refractivity contribution is -0.134. The van der Waals surface area contributed by atoms with Crippen LogP contribution in [0.4, 0.5) is 4.39 Å². The zero-order chi connectivity index (χ0) is 28.9. The van der Waals surface area contributed by atoms with Gasteiger partial charge < -0.3 is 19.4 Å². The van der Waals surface area contributed by atoms with E-state index in [0.717, 1.165) is 28.7 Å². The van der Waals surface area contributed by atoms with Gasteiger partial charge in [0.1, 0.15) is 17.8 Å². The molecular weight excluding hydrogens is 521 g/mol. The zero-order valence-electron chi connectivity index (χ0n) is 23.5. The number of oxazole rings is 1. The molecule has 1 atom stereocenters. The summed E-state index contributed by atoms with van der Waals surface area (Å²) in [6.07, 6.45) is 2.56. The summed E-state index contributed by atoms with van der Waals surface area (Å²) in [6.45, 7) is 7.12. The number of carbonyl (C=O) groups is 2. The van der Waals surface area contributed by atoms with E-state index in [1.165, 1.54) is 24.0 Å². The number of nitrogens with one attached hydrogen (secondary N) is 1. The van der Waals surface area contributed by atoms with Crippen LogP contribution in [0.1, 0.15) is 70.5 Å². The van der Waals surface area contributed by atoms with Crippen LogP contribution in [-0.2, 0) is 24.4 Å². The summed E-state index contributed by atoms with van der Waals surface area (Å²) in [6, 6.07) is 20.0. The number of ether oxygens (including phenoxy) is 1. The Kier molecular flexibility index (Phi) is 8.47. The molecule has 0 bridgehead atoms. The van der Waals surface area contributed by atoms with E-state index in [-0.39, 0.29) is 48.4 Å². The standard InChI is InChI=1S/C33H34FN3O4/c1-21(2)16-31(38)37-15-14-24-10-13-27(17-28(24)32(37)25-8-4-22(3)5-9-25)40-20-30-36-29(19-41-30)33(39)35-18-23-6-11-26(34)12-7-23/h4-13,17,19,21,32H,14-16,18,20H2,1-3H3,(H,35,39)/t32-/m0/s1. The molecule has 0 radical (unpaired) electrons. The summed E-state index contributed by atoms with van der Waals surface area (Å²) in [5, 5.41) is 2.75. The molecule has 5 rings (SSSR count). The zero-order valence-corrected chi connectivity index (χ0v) is 23.5. The highest BCUT2D eigenvalue weighted by Gasteiger charge is 2.32. The van der Waals surface area contributed by atoms with Crippen molar-refractivity contribution in [3.05, 3.63) is 118 Å². The topological polar surface area (TPSA) is 84.7 Å². The first kappa shape index (κ1) is 28.1. The number of benzene rings is 3. The second-order valence-electron chi connectivity index (χ2n) is 10.8. The minimum absolute atomic E-state index is 0.0369. The number of hydrogen-bond donors (Lipinski definition) is 1. The van der Waals surface area contributed by atoms with Crippen molar-refractivity contribution in [2.24, 2.45) is 5.92 Å². The number of fused-ring (bicyclic) bond motifs is 1. The maximum atomic E-state index is 13.3. The van der Waals surface area contributed by atoms with E-state index < -0.39 is 5.91 Å². The molecule has 0 fully saturated rings. The smallest absolute Gasteiger partial charge is 0.273 e. The Morgan fingerprint density at radius 3 is 2.59 bits per heavy atom. The van der Waals surface area contributed by atoms with Crippen LogP contribution in [-0.4, -0.2) is 28.2 Å². The van der Waals surface area contributed by atoms with Crippen LogP contribution in [0, 0.1) is 18.7 Å². The van der Waals surface area contributed by atoms with Gasteiger partial charge in [-0.2, -0.15) is 0 Å². The largest absolute Gasteiger partial charge is 0.484 e. The SMILES string of the molecule is Cc1ccc([C@H]2c3cc(OCc4nc(C(=O)NCc5ccc(F)cc5)co4)ccc3CCN2C(=O)CC(C)C)cc1. The summed E-state index contributed by atoms with van der Waals surface area (Å²) in [7, 11) is 0. The fraction of sp³-hybridized carbons (Fsp3) is 0.303. The Morgan fingerprint density at radius 2 is 1.85 bits per heavy atom. The van der Waals surface area contributed by atoms with Gasteiger partial charge in [0.15, 0.2) is 12.3 Å². The molecule has 3 aromatic carbocycles. The molecule has 0 saturated heterocycles. The van der Waals surface area contributed by atoms with Crippen molar-refractivity contribution in [1.82, 2.24) is 15.2 Å². The third kappa shape index (κ3) is 6.82. The molecular formula is C33H34FN3O4. The molecule has 8 heteroatoms. The molecule has 0 spiro atoms. The molecule has 0 saturated carbocycles. The lowest BCUT2D eigenvalue weighted by Crippen LogP contribution is -2.41. The molecule has 7 nitrogen and oxygen atoms in total. The van der Waals surface area contributed by atoms with Crippen molar-refractivity contribution in [2.45, 2.75) is 52.8 Å². The molecule has 2 heterocycles. The normalized spacial score (nSPS) is 14.6. The molecule has 1 aliphatic heterocycles. The van der Waals surface area contributed by atoms with E-state index in [1.807, 2.05) is 17.0 Å². The quantitative estimate of drug-likeness (QED) is 0.268. The van der Waals surface area contributed by atoms with Gasteiger partial charge in [0.05, 0.1) is 6.04 Å². The molecule has 41 heavy (non-hydrogen) atoms. The number of aryl methyl sites for hydroxylation is 1. The predicted octanol–water partition coefficient (Wildman–Crippen LogP) is 6.15. The van der Waals surface area contributed by atoms with Crippen molar-refractivity contribution in [1.29, 1.82) is 0 Å². The third-order valence-electron chi connectivity index (χ3n) is 7.15. The van der Waals surface area contributed by atoms with Gasteiger partial charge in [-0.1, -0.05) is 61.9 Å². The predicted molar refractivity (Wildman–Crippen MR) is 153 cm³/mol. The Labute approximate surface area is 239 Å². The highest BCUT2D eigenvalue weighted by molar-refractivity contribution is 5.91. The lowest BCUT2D eigenvalue weighted by Gasteiger charge is -2.38. The van der Waals surface area contributed by atoms with Gasteiger partial charge >= 0.3 is 0 Å². The minimum Gasteiger partial charge on any atom is -0.484 e. The number of rotatable bonds is 9. The Morgan fingerprint density at radius 1 is 1.10 bits per heavy atom. The van der Waals surface area contributed by atoms with Crippen LogP contribution in [0.3, 0.4) is 0 Å². The average Bonchev–Trinajstić information content (AvgIpc) is 3.44. The van der Waals surface area contributed by atoms with Crippen molar-refractivity contribution in [3.63, 3.8) is 0 Å². The summed E-state index contributed by atoms with van der Waals surface area (Å²) in [5.74, 6) is 0.575. The second kappa shape index (κ2) is 12.4. The minimum atomic E-state index is -0.398. The Bertz CT molecular complexity index is 1510. The van der Waals surface area contributed by atoms with Gasteiger partial charge in [-0.3, -0.25) is 9.59 Å². The molecule has 2 amide bonds. The highest BCUT2D eigenvalue weighted by atomic mass is 19.1. The third-order valence-corrected chi connectivity index (χ3v) is 7.15. The Balaban J connectivity index is 1.29. The summed E-state index contributed by atoms with van der Waals surface area (Å²) < 4.78 is 24.6. The van der Waals surface area contributed by atoms with Crippen LogP contribution in [0.5, 0.6) is 5.75 Å². The van der Waals surface area contributed by atoms with E-state index in [1.54, 1.807) is 12.1 Å². The first-order chi connectivity index (χ1) is 19.8. The van der Waals surface area contributed by atoms with Gasteiger partial charge in [0.25, 0.3) is 5.91 Å². The second-order valence-corrected chi connectivity index (χ2v) is 10.8. The van der Waals surface area contributed by atoms with Crippen molar-refractivity contribution >= 4 is 11.8 Å². The molecule has 1 N–H and O–H groups in total. The molecule has 212 valence electrons. The van der Waals surface area contributed by atoms with Crippen LogP contribution in [0.15, 0.2) is 77.4 Å². The van der Waals surface area contributed by atoms with E-state index in [4.69, 9.17) is 9.15 Å². The number of aromatic nitrogens is 1. The van der Waals surface area contributed by atoms with E-state index in [2.05, 4.69) is 61.4 Å². The van der Waals surface area contributed by atoms with Gasteiger partial charge in [-0.05, 0) is 65.8 Å². The molecule has 0 aliphatic carbocycles. The molecule has 1 aromatic heterocycles. The van der Waals surface area contributed by atoms with Gasteiger partial charge in [-0.25, -0.2) is 9.37 Å². The van der Waals surface area contributed by atoms with Crippen LogP contribution in [0.2, 0.25) is 0 Å². The fourth-order valence-corrected chi connectivity index (χ4v) is 5.03. The van der Waals surface area contributed by atoms with Crippen LogP contribution >= 0.6 is 0 Å². The summed E-state index contributed by atoms with van der Waals surface area (Å²) in [4.78, 5) is 32.0. The fourth-order valence-electron chi connectivity index (χ4n) is 5.03. The number of carbonyl (C=O) groups excluding carboxylic acids is 2. The number of amides is 2. The molecule has 1 aliphatic rings. The van der Waals surface area contributed by atoms with Gasteiger partial charge in [-0.15, -0.1) is 0 Å². The summed E-state index contributed by atoms with van der Waals surface area (Å²) >= 11 is 0. The lowest BCUT2D eigenvalue weighted by atomic mass is 9.87. The number of hydrogen-bond acceptors (Lipinski definition) is 5. The first-order valence-corrected chi connectivity index (χ1v) is 13.9. The Hall–Kier alpha value is -4.46. The van der Waals surface area contributed by atoms with E-state index >= 15 is 0 Å². The van der Waals surface area contributed by atoms with Crippen molar-refractivity contribution in [2.75, 3.05) is 6.54 Å². The average molecular weight is 556 g/mol. The maximum absolute atomic E-state index is 13.3. The van der Waals surface area contributed by atoms with E-state index in [9.17, 15) is 14.0 Å². The van der Waals surface area contributed by atoms with Crippen molar-refractivity contribution in [3.8, 4) is 5.75 Å². The van der Waals surface area contributed by atoms with Crippen molar-refractivity contribution < 1.29 is 23.1 Å². The number of nitrogens with zero attached hydrogens (tertiary/aromatic N) is 2. The van der Waals surface area contributed by atoms with Crippen LogP contribution < -0.4 is 10.1 Å². The van der Waals surface area contributed by atoms with Crippen LogP contribution in [0.25, 0.3) is 0 Å². The van der Waals surface area contributed by atoms with E-state index in [0.29, 0.717) is 18.7 Å². The monoisotopic (exact) mass is 555 g/mol.